The Morgan fingerprint density at radius 2 is 1.52 bits per heavy atom. The summed E-state index contributed by atoms with van der Waals surface area (Å²) < 4.78 is 26.6. The molecule has 3 aromatic carbocycles. The van der Waals surface area contributed by atoms with E-state index < -0.39 is 28.9 Å². The SMILES string of the molecule is CC(C)(CC(=O)c1ccccc1-c1ccc(NC(=O)Cc2cc(F)cc(F)c2)cc1)C(=O)O. The zero-order valence-electron chi connectivity index (χ0n) is 18.2. The Hall–Kier alpha value is -3.87. The molecule has 0 aliphatic rings. The number of Topliss-reactive ketones (excluding diaryl/α,β-unsaturated/α-hetero) is 1. The minimum atomic E-state index is -1.19. The second-order valence-electron chi connectivity index (χ2n) is 8.41. The lowest BCUT2D eigenvalue weighted by molar-refractivity contribution is -0.146. The van der Waals surface area contributed by atoms with Gasteiger partial charge in [-0.3, -0.25) is 14.4 Å². The van der Waals surface area contributed by atoms with E-state index in [1.54, 1.807) is 48.5 Å². The van der Waals surface area contributed by atoms with Gasteiger partial charge in [0.15, 0.2) is 5.78 Å². The van der Waals surface area contributed by atoms with Crippen LogP contribution in [0.1, 0.15) is 36.2 Å². The molecule has 0 unspecified atom stereocenters. The fourth-order valence-electron chi connectivity index (χ4n) is 3.39. The molecule has 0 saturated heterocycles. The van der Waals surface area contributed by atoms with Gasteiger partial charge >= 0.3 is 5.97 Å². The maximum atomic E-state index is 13.3. The topological polar surface area (TPSA) is 83.5 Å². The highest BCUT2D eigenvalue weighted by Gasteiger charge is 2.31. The number of ketones is 1. The monoisotopic (exact) mass is 451 g/mol. The zero-order chi connectivity index (χ0) is 24.2. The third kappa shape index (κ3) is 6.10. The van der Waals surface area contributed by atoms with Crippen LogP contribution in [0.25, 0.3) is 11.1 Å². The lowest BCUT2D eigenvalue weighted by Gasteiger charge is -2.19. The highest BCUT2D eigenvalue weighted by Crippen LogP contribution is 2.29. The smallest absolute Gasteiger partial charge is 0.309 e. The molecule has 0 fully saturated rings. The van der Waals surface area contributed by atoms with Crippen molar-refractivity contribution in [2.24, 2.45) is 5.41 Å². The number of nitrogens with one attached hydrogen (secondary N) is 1. The van der Waals surface area contributed by atoms with Gasteiger partial charge in [0.2, 0.25) is 5.91 Å². The number of carboxylic acids is 1. The zero-order valence-corrected chi connectivity index (χ0v) is 18.2. The molecule has 0 aliphatic carbocycles. The number of carbonyl (C=O) groups is 3. The van der Waals surface area contributed by atoms with Crippen LogP contribution in [-0.2, 0) is 16.0 Å². The molecule has 33 heavy (non-hydrogen) atoms. The van der Waals surface area contributed by atoms with Crippen molar-refractivity contribution in [3.63, 3.8) is 0 Å². The van der Waals surface area contributed by atoms with E-state index in [2.05, 4.69) is 5.32 Å². The molecular formula is C26H23F2NO4. The van der Waals surface area contributed by atoms with Gasteiger partial charge in [0.25, 0.3) is 0 Å². The number of benzene rings is 3. The van der Waals surface area contributed by atoms with Crippen molar-refractivity contribution in [1.82, 2.24) is 0 Å². The number of anilines is 1. The Morgan fingerprint density at radius 1 is 0.909 bits per heavy atom. The quantitative estimate of drug-likeness (QED) is 0.443. The predicted molar refractivity (Wildman–Crippen MR) is 121 cm³/mol. The summed E-state index contributed by atoms with van der Waals surface area (Å²) in [6.45, 7) is 3.01. The van der Waals surface area contributed by atoms with Crippen molar-refractivity contribution < 1.29 is 28.3 Å². The molecule has 0 spiro atoms. The van der Waals surface area contributed by atoms with Gasteiger partial charge < -0.3 is 10.4 Å². The Kier molecular flexibility index (Phi) is 7.01. The number of aliphatic carboxylic acids is 1. The molecule has 1 amide bonds. The fraction of sp³-hybridized carbons (Fsp3) is 0.192. The van der Waals surface area contributed by atoms with Gasteiger partial charge in [0.05, 0.1) is 11.8 Å². The molecule has 0 radical (unpaired) electrons. The minimum absolute atomic E-state index is 0.145. The van der Waals surface area contributed by atoms with Crippen LogP contribution in [0.15, 0.2) is 66.7 Å². The van der Waals surface area contributed by atoms with E-state index in [1.165, 1.54) is 13.8 Å². The summed E-state index contributed by atoms with van der Waals surface area (Å²) in [6.07, 6.45) is -0.332. The summed E-state index contributed by atoms with van der Waals surface area (Å²) in [6, 6.07) is 16.6. The van der Waals surface area contributed by atoms with Gasteiger partial charge in [0, 0.05) is 23.7 Å². The third-order valence-corrected chi connectivity index (χ3v) is 5.18. The average Bonchev–Trinajstić information content (AvgIpc) is 2.73. The molecular weight excluding hydrogens is 428 g/mol. The van der Waals surface area contributed by atoms with Gasteiger partial charge in [0.1, 0.15) is 11.6 Å². The molecule has 0 heterocycles. The van der Waals surface area contributed by atoms with Gasteiger partial charge in [-0.2, -0.15) is 0 Å². The molecule has 170 valence electrons. The molecule has 0 aromatic heterocycles. The first-order valence-corrected chi connectivity index (χ1v) is 10.3. The number of amides is 1. The van der Waals surface area contributed by atoms with Crippen molar-refractivity contribution in [1.29, 1.82) is 0 Å². The Labute approximate surface area is 190 Å². The fourth-order valence-corrected chi connectivity index (χ4v) is 3.39. The van der Waals surface area contributed by atoms with E-state index in [-0.39, 0.29) is 24.2 Å². The summed E-state index contributed by atoms with van der Waals surface area (Å²) in [7, 11) is 0. The highest BCUT2D eigenvalue weighted by atomic mass is 19.1. The Bertz CT molecular complexity index is 1180. The van der Waals surface area contributed by atoms with E-state index in [9.17, 15) is 28.3 Å². The van der Waals surface area contributed by atoms with E-state index in [4.69, 9.17) is 0 Å². The van der Waals surface area contributed by atoms with Crippen LogP contribution < -0.4 is 5.32 Å². The van der Waals surface area contributed by atoms with Gasteiger partial charge in [-0.15, -0.1) is 0 Å². The number of carbonyl (C=O) groups excluding carboxylic acids is 2. The van der Waals surface area contributed by atoms with Crippen molar-refractivity contribution in [3.05, 3.63) is 89.5 Å². The second kappa shape index (κ2) is 9.73. The maximum Gasteiger partial charge on any atom is 0.309 e. The summed E-state index contributed by atoms with van der Waals surface area (Å²) in [5.41, 5.74) is 1.30. The van der Waals surface area contributed by atoms with Crippen molar-refractivity contribution in [2.45, 2.75) is 26.7 Å². The molecule has 0 saturated carbocycles. The molecule has 0 bridgehead atoms. The third-order valence-electron chi connectivity index (χ3n) is 5.18. The normalized spacial score (nSPS) is 11.2. The van der Waals surface area contributed by atoms with E-state index in [0.717, 1.165) is 23.8 Å². The van der Waals surface area contributed by atoms with Crippen LogP contribution in [-0.4, -0.2) is 22.8 Å². The largest absolute Gasteiger partial charge is 0.481 e. The van der Waals surface area contributed by atoms with Crippen LogP contribution >= 0.6 is 0 Å². The molecule has 2 N–H and O–H groups in total. The van der Waals surface area contributed by atoms with Gasteiger partial charge in [-0.25, -0.2) is 8.78 Å². The summed E-state index contributed by atoms with van der Waals surface area (Å²) in [5, 5.41) is 12.0. The standard InChI is InChI=1S/C26H23F2NO4/c1-26(2,25(32)33)15-23(30)22-6-4-3-5-21(22)17-7-9-20(10-8-17)29-24(31)13-16-11-18(27)14-19(28)12-16/h3-12,14H,13,15H2,1-2H3,(H,29,31)(H,32,33). The van der Waals surface area contributed by atoms with Crippen molar-refractivity contribution in [2.75, 3.05) is 5.32 Å². The van der Waals surface area contributed by atoms with E-state index in [0.29, 0.717) is 16.8 Å². The van der Waals surface area contributed by atoms with Crippen molar-refractivity contribution in [3.8, 4) is 11.1 Å². The lowest BCUT2D eigenvalue weighted by atomic mass is 9.84. The minimum Gasteiger partial charge on any atom is -0.481 e. The van der Waals surface area contributed by atoms with Crippen LogP contribution in [0.3, 0.4) is 0 Å². The molecule has 0 aliphatic heterocycles. The first-order chi connectivity index (χ1) is 15.5. The number of rotatable bonds is 8. The molecule has 3 rings (SSSR count). The molecule has 5 nitrogen and oxygen atoms in total. The Morgan fingerprint density at radius 3 is 2.12 bits per heavy atom. The summed E-state index contributed by atoms with van der Waals surface area (Å²) >= 11 is 0. The van der Waals surface area contributed by atoms with Crippen LogP contribution in [0.4, 0.5) is 14.5 Å². The molecule has 3 aromatic rings. The lowest BCUT2D eigenvalue weighted by Crippen LogP contribution is -2.27. The second-order valence-corrected chi connectivity index (χ2v) is 8.41. The van der Waals surface area contributed by atoms with Gasteiger partial charge in [-0.1, -0.05) is 36.4 Å². The maximum absolute atomic E-state index is 13.3. The first-order valence-electron chi connectivity index (χ1n) is 10.3. The number of hydrogen-bond acceptors (Lipinski definition) is 3. The first kappa shape index (κ1) is 23.8. The van der Waals surface area contributed by atoms with Crippen LogP contribution in [0, 0.1) is 17.0 Å². The van der Waals surface area contributed by atoms with Crippen molar-refractivity contribution >= 4 is 23.3 Å². The van der Waals surface area contributed by atoms with Crippen LogP contribution in [0.2, 0.25) is 0 Å². The Balaban J connectivity index is 1.74. The van der Waals surface area contributed by atoms with Crippen LogP contribution in [0.5, 0.6) is 0 Å². The highest BCUT2D eigenvalue weighted by molar-refractivity contribution is 6.04. The predicted octanol–water partition coefficient (Wildman–Crippen LogP) is 5.50. The van der Waals surface area contributed by atoms with E-state index >= 15 is 0 Å². The number of halogens is 2. The number of carboxylic acid groups (broad SMARTS) is 1. The summed E-state index contributed by atoms with van der Waals surface area (Å²) in [4.78, 5) is 36.5. The van der Waals surface area contributed by atoms with E-state index in [1.807, 2.05) is 0 Å². The summed E-state index contributed by atoms with van der Waals surface area (Å²) in [5.74, 6) is -3.25. The number of hydrogen-bond donors (Lipinski definition) is 2. The average molecular weight is 451 g/mol. The molecule has 7 heteroatoms. The van der Waals surface area contributed by atoms with Gasteiger partial charge in [-0.05, 0) is 54.8 Å². The molecule has 0 atom stereocenters.